The van der Waals surface area contributed by atoms with E-state index in [2.05, 4.69) is 11.5 Å². The zero-order valence-corrected chi connectivity index (χ0v) is 11.2. The lowest BCUT2D eigenvalue weighted by atomic mass is 9.73. The second-order valence-corrected chi connectivity index (χ2v) is 5.17. The van der Waals surface area contributed by atoms with Crippen LogP contribution >= 0.6 is 0 Å². The molecule has 1 aromatic carbocycles. The van der Waals surface area contributed by atoms with E-state index >= 15 is 0 Å². The molecule has 19 heavy (non-hydrogen) atoms. The molecule has 1 aliphatic rings. The maximum Gasteiger partial charge on any atom is 0.314 e. The van der Waals surface area contributed by atoms with Crippen LogP contribution in [0.5, 0.6) is 0 Å². The number of carboxylic acid groups (broad SMARTS) is 1. The Morgan fingerprint density at radius 3 is 2.47 bits per heavy atom. The molecule has 1 saturated heterocycles. The Kier molecular flexibility index (Phi) is 4.38. The fraction of sp³-hybridized carbons (Fsp3) is 0.438. The van der Waals surface area contributed by atoms with Gasteiger partial charge in [0, 0.05) is 6.54 Å². The van der Waals surface area contributed by atoms with Gasteiger partial charge in [-0.15, -0.1) is 6.58 Å². The molecule has 1 N–H and O–H groups in total. The molecule has 0 amide bonds. The molecular formula is C16H21NO2. The van der Waals surface area contributed by atoms with Crippen molar-refractivity contribution in [1.29, 1.82) is 0 Å². The average molecular weight is 259 g/mol. The zero-order chi connectivity index (χ0) is 13.7. The highest BCUT2D eigenvalue weighted by atomic mass is 16.4. The fourth-order valence-electron chi connectivity index (χ4n) is 2.82. The van der Waals surface area contributed by atoms with Crippen LogP contribution in [0.4, 0.5) is 0 Å². The normalized spacial score (nSPS) is 18.9. The Balaban J connectivity index is 2.12. The van der Waals surface area contributed by atoms with Crippen LogP contribution < -0.4 is 0 Å². The third-order valence-electron chi connectivity index (χ3n) is 4.09. The van der Waals surface area contributed by atoms with E-state index in [9.17, 15) is 9.90 Å². The molecule has 0 unspecified atom stereocenters. The predicted molar refractivity (Wildman–Crippen MR) is 76.2 cm³/mol. The number of hydrogen-bond donors (Lipinski definition) is 1. The van der Waals surface area contributed by atoms with Crippen LogP contribution in [0.1, 0.15) is 24.8 Å². The second-order valence-electron chi connectivity index (χ2n) is 5.17. The third kappa shape index (κ3) is 2.87. The molecule has 1 fully saturated rings. The standard InChI is InChI=1S/C16H21NO2/c1-2-3-11-17-12-9-16(10-13-17,15(18)19)14-7-5-4-6-8-14/h2,4-8H,1,3,9-13H2,(H,18,19). The first-order valence-corrected chi connectivity index (χ1v) is 6.81. The highest BCUT2D eigenvalue weighted by molar-refractivity contribution is 5.81. The number of carboxylic acids is 1. The number of nitrogens with zero attached hydrogens (tertiary/aromatic N) is 1. The summed E-state index contributed by atoms with van der Waals surface area (Å²) in [5.74, 6) is -0.693. The van der Waals surface area contributed by atoms with Gasteiger partial charge in [-0.2, -0.15) is 0 Å². The summed E-state index contributed by atoms with van der Waals surface area (Å²) in [5.41, 5.74) is 0.234. The summed E-state index contributed by atoms with van der Waals surface area (Å²) >= 11 is 0. The van der Waals surface area contributed by atoms with E-state index in [-0.39, 0.29) is 0 Å². The van der Waals surface area contributed by atoms with Gasteiger partial charge in [0.25, 0.3) is 0 Å². The molecule has 1 aliphatic heterocycles. The van der Waals surface area contributed by atoms with E-state index < -0.39 is 11.4 Å². The summed E-state index contributed by atoms with van der Waals surface area (Å²) in [6.45, 7) is 6.39. The van der Waals surface area contributed by atoms with Crippen molar-refractivity contribution in [2.24, 2.45) is 0 Å². The van der Waals surface area contributed by atoms with Gasteiger partial charge in [-0.25, -0.2) is 0 Å². The molecule has 0 aliphatic carbocycles. The van der Waals surface area contributed by atoms with Crippen molar-refractivity contribution in [2.45, 2.75) is 24.7 Å². The SMILES string of the molecule is C=CCCN1CCC(C(=O)O)(c2ccccc2)CC1. The number of aliphatic carboxylic acids is 1. The Bertz CT molecular complexity index is 433. The van der Waals surface area contributed by atoms with Gasteiger partial charge in [-0.3, -0.25) is 4.79 Å². The Morgan fingerprint density at radius 2 is 1.95 bits per heavy atom. The summed E-state index contributed by atoms with van der Waals surface area (Å²) in [5, 5.41) is 9.67. The van der Waals surface area contributed by atoms with Gasteiger partial charge in [0.05, 0.1) is 5.41 Å². The molecular weight excluding hydrogens is 238 g/mol. The van der Waals surface area contributed by atoms with Crippen molar-refractivity contribution >= 4 is 5.97 Å². The van der Waals surface area contributed by atoms with Crippen molar-refractivity contribution in [2.75, 3.05) is 19.6 Å². The van der Waals surface area contributed by atoms with Gasteiger partial charge in [-0.05, 0) is 37.9 Å². The number of benzene rings is 1. The molecule has 1 heterocycles. The van der Waals surface area contributed by atoms with Gasteiger partial charge >= 0.3 is 5.97 Å². The maximum atomic E-state index is 11.8. The number of carbonyl (C=O) groups is 1. The van der Waals surface area contributed by atoms with Crippen molar-refractivity contribution < 1.29 is 9.90 Å². The Hall–Kier alpha value is -1.61. The van der Waals surface area contributed by atoms with E-state index in [1.807, 2.05) is 36.4 Å². The van der Waals surface area contributed by atoms with Crippen LogP contribution in [0, 0.1) is 0 Å². The number of hydrogen-bond acceptors (Lipinski definition) is 2. The van der Waals surface area contributed by atoms with E-state index in [1.165, 1.54) is 0 Å². The smallest absolute Gasteiger partial charge is 0.314 e. The van der Waals surface area contributed by atoms with Crippen molar-refractivity contribution in [1.82, 2.24) is 4.90 Å². The zero-order valence-electron chi connectivity index (χ0n) is 11.2. The van der Waals surface area contributed by atoms with E-state index in [1.54, 1.807) is 0 Å². The third-order valence-corrected chi connectivity index (χ3v) is 4.09. The van der Waals surface area contributed by atoms with Crippen molar-refractivity contribution in [3.63, 3.8) is 0 Å². The summed E-state index contributed by atoms with van der Waals surface area (Å²) in [6.07, 6.45) is 4.24. The van der Waals surface area contributed by atoms with Crippen LogP contribution in [0.3, 0.4) is 0 Å². The molecule has 1 aromatic rings. The largest absolute Gasteiger partial charge is 0.481 e. The first-order valence-electron chi connectivity index (χ1n) is 6.81. The summed E-state index contributed by atoms with van der Waals surface area (Å²) < 4.78 is 0. The van der Waals surface area contributed by atoms with Gasteiger partial charge in [0.15, 0.2) is 0 Å². The van der Waals surface area contributed by atoms with Crippen molar-refractivity contribution in [3.8, 4) is 0 Å². The predicted octanol–water partition coefficient (Wildman–Crippen LogP) is 2.68. The van der Waals surface area contributed by atoms with Crippen molar-refractivity contribution in [3.05, 3.63) is 48.6 Å². The number of rotatable bonds is 5. The molecule has 0 aromatic heterocycles. The molecule has 0 atom stereocenters. The molecule has 3 nitrogen and oxygen atoms in total. The number of likely N-dealkylation sites (tertiary alicyclic amines) is 1. The molecule has 102 valence electrons. The number of piperidine rings is 1. The highest BCUT2D eigenvalue weighted by Crippen LogP contribution is 2.35. The van der Waals surface area contributed by atoms with Crippen LogP contribution in [0.2, 0.25) is 0 Å². The molecule has 0 saturated carbocycles. The Morgan fingerprint density at radius 1 is 1.32 bits per heavy atom. The van der Waals surface area contributed by atoms with E-state index in [4.69, 9.17) is 0 Å². The van der Waals surface area contributed by atoms with Gasteiger partial charge in [0.2, 0.25) is 0 Å². The van der Waals surface area contributed by atoms with Gasteiger partial charge in [0.1, 0.15) is 0 Å². The summed E-state index contributed by atoms with van der Waals surface area (Å²) in [7, 11) is 0. The minimum Gasteiger partial charge on any atom is -0.481 e. The minimum absolute atomic E-state index is 0.684. The van der Waals surface area contributed by atoms with Crippen LogP contribution in [-0.4, -0.2) is 35.6 Å². The Labute approximate surface area is 114 Å². The van der Waals surface area contributed by atoms with Gasteiger partial charge < -0.3 is 10.0 Å². The molecule has 0 spiro atoms. The first-order chi connectivity index (χ1) is 9.19. The monoisotopic (exact) mass is 259 g/mol. The first kappa shape index (κ1) is 13.8. The summed E-state index contributed by atoms with van der Waals surface area (Å²) in [6, 6.07) is 9.65. The quantitative estimate of drug-likeness (QED) is 0.826. The second kappa shape index (κ2) is 6.02. The fourth-order valence-corrected chi connectivity index (χ4v) is 2.82. The molecule has 3 heteroatoms. The van der Waals surface area contributed by atoms with Crippen LogP contribution in [-0.2, 0) is 10.2 Å². The lowest BCUT2D eigenvalue weighted by Gasteiger charge is -2.39. The topological polar surface area (TPSA) is 40.5 Å². The molecule has 0 bridgehead atoms. The van der Waals surface area contributed by atoms with E-state index in [0.717, 1.165) is 31.6 Å². The lowest BCUT2D eigenvalue weighted by molar-refractivity contribution is -0.146. The molecule has 2 rings (SSSR count). The minimum atomic E-state index is -0.702. The average Bonchev–Trinajstić information content (AvgIpc) is 2.46. The highest BCUT2D eigenvalue weighted by Gasteiger charge is 2.42. The van der Waals surface area contributed by atoms with Crippen LogP contribution in [0.25, 0.3) is 0 Å². The summed E-state index contributed by atoms with van der Waals surface area (Å²) in [4.78, 5) is 14.1. The lowest BCUT2D eigenvalue weighted by Crippen LogP contribution is -2.47. The molecule has 0 radical (unpaired) electrons. The van der Waals surface area contributed by atoms with Gasteiger partial charge in [-0.1, -0.05) is 36.4 Å². The van der Waals surface area contributed by atoms with Crippen LogP contribution in [0.15, 0.2) is 43.0 Å². The maximum absolute atomic E-state index is 11.8. The van der Waals surface area contributed by atoms with E-state index in [0.29, 0.717) is 12.8 Å².